The van der Waals surface area contributed by atoms with Crippen LogP contribution in [0.4, 0.5) is 6.01 Å². The predicted molar refractivity (Wildman–Crippen MR) is 85.7 cm³/mol. The minimum Gasteiger partial charge on any atom is -0.493 e. The normalized spacial score (nSPS) is 10.7. The van der Waals surface area contributed by atoms with Gasteiger partial charge in [-0.15, -0.1) is 0 Å². The molecule has 3 rings (SSSR count). The average molecular weight is 298 g/mol. The van der Waals surface area contributed by atoms with Crippen molar-refractivity contribution in [3.05, 3.63) is 48.0 Å². The van der Waals surface area contributed by atoms with Crippen LogP contribution in [0.25, 0.3) is 11.1 Å². The lowest BCUT2D eigenvalue weighted by Crippen LogP contribution is -2.16. The van der Waals surface area contributed by atoms with Gasteiger partial charge >= 0.3 is 0 Å². The number of aromatic nitrogens is 1. The van der Waals surface area contributed by atoms with Crippen molar-refractivity contribution in [3.8, 4) is 11.5 Å². The molecule has 2 aromatic carbocycles. The number of hydrogen-bond acceptors (Lipinski definition) is 5. The number of rotatable bonds is 5. The van der Waals surface area contributed by atoms with Gasteiger partial charge in [0.15, 0.2) is 17.1 Å². The molecule has 0 radical (unpaired) electrons. The highest BCUT2D eigenvalue weighted by Crippen LogP contribution is 2.29. The van der Waals surface area contributed by atoms with Crippen LogP contribution in [-0.4, -0.2) is 26.3 Å². The highest BCUT2D eigenvalue weighted by Gasteiger charge is 2.12. The Kier molecular flexibility index (Phi) is 3.87. The zero-order valence-corrected chi connectivity index (χ0v) is 12.9. The summed E-state index contributed by atoms with van der Waals surface area (Å²) in [6.45, 7) is 0.660. The van der Waals surface area contributed by atoms with Crippen molar-refractivity contribution in [1.82, 2.24) is 4.98 Å². The maximum absolute atomic E-state index is 5.76. The fourth-order valence-electron chi connectivity index (χ4n) is 2.34. The lowest BCUT2D eigenvalue weighted by atomic mass is 10.2. The first-order valence-corrected chi connectivity index (χ1v) is 6.99. The van der Waals surface area contributed by atoms with Crippen LogP contribution >= 0.6 is 0 Å². The molecule has 0 spiro atoms. The lowest BCUT2D eigenvalue weighted by molar-refractivity contribution is 0.354. The van der Waals surface area contributed by atoms with Crippen molar-refractivity contribution in [2.24, 2.45) is 0 Å². The van der Waals surface area contributed by atoms with Crippen LogP contribution in [0, 0.1) is 0 Å². The summed E-state index contributed by atoms with van der Waals surface area (Å²) in [5.41, 5.74) is 2.73. The summed E-state index contributed by atoms with van der Waals surface area (Å²) in [4.78, 5) is 6.45. The van der Waals surface area contributed by atoms with E-state index in [1.807, 2.05) is 54.4 Å². The summed E-state index contributed by atoms with van der Waals surface area (Å²) in [6.07, 6.45) is 0. The number of nitrogens with zero attached hydrogens (tertiary/aromatic N) is 2. The maximum Gasteiger partial charge on any atom is 0.298 e. The van der Waals surface area contributed by atoms with E-state index in [2.05, 4.69) is 4.98 Å². The second-order valence-corrected chi connectivity index (χ2v) is 5.01. The molecule has 0 fully saturated rings. The van der Waals surface area contributed by atoms with Crippen LogP contribution in [0.1, 0.15) is 5.56 Å². The summed E-state index contributed by atoms with van der Waals surface area (Å²) < 4.78 is 16.3. The van der Waals surface area contributed by atoms with Gasteiger partial charge < -0.3 is 18.8 Å². The van der Waals surface area contributed by atoms with Crippen LogP contribution in [0.15, 0.2) is 46.9 Å². The predicted octanol–water partition coefficient (Wildman–Crippen LogP) is 3.48. The number of benzene rings is 2. The highest BCUT2D eigenvalue weighted by atomic mass is 16.5. The molecule has 1 aromatic heterocycles. The van der Waals surface area contributed by atoms with Crippen molar-refractivity contribution >= 4 is 17.1 Å². The van der Waals surface area contributed by atoms with Gasteiger partial charge in [-0.05, 0) is 29.8 Å². The molecule has 0 aliphatic rings. The van der Waals surface area contributed by atoms with Gasteiger partial charge in [0.25, 0.3) is 6.01 Å². The van der Waals surface area contributed by atoms with E-state index < -0.39 is 0 Å². The molecule has 0 saturated heterocycles. The topological polar surface area (TPSA) is 47.7 Å². The molecule has 0 aliphatic heterocycles. The van der Waals surface area contributed by atoms with Gasteiger partial charge in [-0.2, -0.15) is 4.98 Å². The van der Waals surface area contributed by atoms with E-state index in [-0.39, 0.29) is 0 Å². The fourth-order valence-corrected chi connectivity index (χ4v) is 2.34. The lowest BCUT2D eigenvalue weighted by Gasteiger charge is -2.16. The van der Waals surface area contributed by atoms with E-state index >= 15 is 0 Å². The Morgan fingerprint density at radius 1 is 1.05 bits per heavy atom. The van der Waals surface area contributed by atoms with Gasteiger partial charge in [-0.3, -0.25) is 0 Å². The average Bonchev–Trinajstić information content (AvgIpc) is 2.99. The molecule has 0 bridgehead atoms. The largest absolute Gasteiger partial charge is 0.493 e. The molecule has 0 amide bonds. The van der Waals surface area contributed by atoms with E-state index in [0.717, 1.165) is 22.4 Å². The monoisotopic (exact) mass is 298 g/mol. The van der Waals surface area contributed by atoms with Gasteiger partial charge in [-0.1, -0.05) is 18.2 Å². The maximum atomic E-state index is 5.76. The van der Waals surface area contributed by atoms with Crippen molar-refractivity contribution in [3.63, 3.8) is 0 Å². The molecular formula is C17H18N2O3. The molecule has 0 atom stereocenters. The second kappa shape index (κ2) is 5.97. The number of fused-ring (bicyclic) bond motifs is 1. The van der Waals surface area contributed by atoms with Crippen molar-refractivity contribution < 1.29 is 13.9 Å². The zero-order valence-electron chi connectivity index (χ0n) is 12.9. The summed E-state index contributed by atoms with van der Waals surface area (Å²) >= 11 is 0. The van der Waals surface area contributed by atoms with Crippen molar-refractivity contribution in [2.75, 3.05) is 26.2 Å². The molecule has 3 aromatic rings. The second-order valence-electron chi connectivity index (χ2n) is 5.01. The quantitative estimate of drug-likeness (QED) is 0.721. The first-order chi connectivity index (χ1) is 10.7. The number of para-hydroxylation sites is 2. The van der Waals surface area contributed by atoms with Gasteiger partial charge in [0.2, 0.25) is 0 Å². The van der Waals surface area contributed by atoms with E-state index in [0.29, 0.717) is 18.3 Å². The molecule has 0 N–H and O–H groups in total. The molecule has 0 aliphatic carbocycles. The third kappa shape index (κ3) is 2.70. The van der Waals surface area contributed by atoms with Crippen LogP contribution in [0.2, 0.25) is 0 Å². The van der Waals surface area contributed by atoms with Crippen LogP contribution in [0.3, 0.4) is 0 Å². The molecular weight excluding hydrogens is 280 g/mol. The third-order valence-corrected chi connectivity index (χ3v) is 3.48. The summed E-state index contributed by atoms with van der Waals surface area (Å²) in [5, 5.41) is 0. The standard InChI is InChI=1S/C17H18N2O3/c1-19(17-18-13-6-4-5-7-14(13)22-17)11-12-8-9-15(20-2)16(10-12)21-3/h4-10H,11H2,1-3H3. The Balaban J connectivity index is 1.82. The molecule has 22 heavy (non-hydrogen) atoms. The third-order valence-electron chi connectivity index (χ3n) is 3.48. The molecule has 5 nitrogen and oxygen atoms in total. The molecule has 0 saturated carbocycles. The number of methoxy groups -OCH3 is 2. The number of anilines is 1. The van der Waals surface area contributed by atoms with Gasteiger partial charge in [-0.25, -0.2) is 0 Å². The van der Waals surface area contributed by atoms with Gasteiger partial charge in [0.1, 0.15) is 5.52 Å². The fraction of sp³-hybridized carbons (Fsp3) is 0.235. The Bertz CT molecular complexity index is 749. The molecule has 5 heteroatoms. The number of oxazole rings is 1. The Morgan fingerprint density at radius 3 is 2.55 bits per heavy atom. The summed E-state index contributed by atoms with van der Waals surface area (Å²) in [7, 11) is 5.20. The van der Waals surface area contributed by atoms with E-state index in [1.165, 1.54) is 0 Å². The highest BCUT2D eigenvalue weighted by molar-refractivity contribution is 5.74. The Hall–Kier alpha value is -2.69. The van der Waals surface area contributed by atoms with Gasteiger partial charge in [0.05, 0.1) is 14.2 Å². The summed E-state index contributed by atoms with van der Waals surface area (Å²) in [6, 6.07) is 14.2. The van der Waals surface area contributed by atoms with E-state index in [4.69, 9.17) is 13.9 Å². The van der Waals surface area contributed by atoms with Gasteiger partial charge in [0, 0.05) is 13.6 Å². The number of hydrogen-bond donors (Lipinski definition) is 0. The molecule has 0 unspecified atom stereocenters. The Labute approximate surface area is 129 Å². The first kappa shape index (κ1) is 14.3. The number of ether oxygens (including phenoxy) is 2. The van der Waals surface area contributed by atoms with Crippen LogP contribution in [0.5, 0.6) is 11.5 Å². The molecule has 1 heterocycles. The first-order valence-electron chi connectivity index (χ1n) is 6.99. The zero-order chi connectivity index (χ0) is 15.5. The minimum absolute atomic E-state index is 0.594. The van der Waals surface area contributed by atoms with Crippen molar-refractivity contribution in [1.29, 1.82) is 0 Å². The minimum atomic E-state index is 0.594. The summed E-state index contributed by atoms with van der Waals surface area (Å²) in [5.74, 6) is 1.43. The smallest absolute Gasteiger partial charge is 0.298 e. The van der Waals surface area contributed by atoms with Crippen LogP contribution < -0.4 is 14.4 Å². The SMILES string of the molecule is COc1ccc(CN(C)c2nc3ccccc3o2)cc1OC. The molecule has 114 valence electrons. The van der Waals surface area contributed by atoms with E-state index in [9.17, 15) is 0 Å². The Morgan fingerprint density at radius 2 is 1.82 bits per heavy atom. The van der Waals surface area contributed by atoms with E-state index in [1.54, 1.807) is 14.2 Å². The van der Waals surface area contributed by atoms with Crippen LogP contribution in [-0.2, 0) is 6.54 Å². The van der Waals surface area contributed by atoms with Crippen molar-refractivity contribution in [2.45, 2.75) is 6.54 Å².